The second kappa shape index (κ2) is 4.85. The van der Waals surface area contributed by atoms with Crippen LogP contribution in [-0.4, -0.2) is 38.5 Å². The first-order chi connectivity index (χ1) is 9.13. The van der Waals surface area contributed by atoms with E-state index in [1.807, 2.05) is 16.7 Å². The quantitative estimate of drug-likeness (QED) is 0.919. The number of fused-ring (bicyclic) bond motifs is 1. The van der Waals surface area contributed by atoms with Crippen molar-refractivity contribution in [2.45, 2.75) is 32.7 Å². The Balaban J connectivity index is 1.77. The summed E-state index contributed by atoms with van der Waals surface area (Å²) in [6.45, 7) is 6.86. The highest BCUT2D eigenvalue weighted by Crippen LogP contribution is 2.23. The zero-order valence-electron chi connectivity index (χ0n) is 11.6. The lowest BCUT2D eigenvalue weighted by atomic mass is 10.0. The Kier molecular flexibility index (Phi) is 3.19. The van der Waals surface area contributed by atoms with Crippen LogP contribution >= 0.6 is 0 Å². The highest BCUT2D eigenvalue weighted by Gasteiger charge is 2.25. The lowest BCUT2D eigenvalue weighted by Crippen LogP contribution is -2.28. The van der Waals surface area contributed by atoms with Crippen LogP contribution in [0.1, 0.15) is 26.1 Å². The molecular formula is C15H21N3O. The van der Waals surface area contributed by atoms with Gasteiger partial charge in [-0.1, -0.05) is 0 Å². The van der Waals surface area contributed by atoms with Gasteiger partial charge in [-0.2, -0.15) is 0 Å². The molecular weight excluding hydrogens is 238 g/mol. The van der Waals surface area contributed by atoms with Gasteiger partial charge < -0.3 is 14.4 Å². The Labute approximate surface area is 113 Å². The van der Waals surface area contributed by atoms with Crippen LogP contribution in [0.25, 0.3) is 5.52 Å². The van der Waals surface area contributed by atoms with Gasteiger partial charge in [0, 0.05) is 19.0 Å². The van der Waals surface area contributed by atoms with Crippen LogP contribution in [0.4, 0.5) is 0 Å². The number of hydrogen-bond acceptors (Lipinski definition) is 3. The van der Waals surface area contributed by atoms with E-state index in [2.05, 4.69) is 23.7 Å². The molecule has 0 spiro atoms. The molecule has 2 aromatic heterocycles. The summed E-state index contributed by atoms with van der Waals surface area (Å²) in [4.78, 5) is 7.03. The molecule has 1 saturated heterocycles. The van der Waals surface area contributed by atoms with Crippen molar-refractivity contribution in [3.63, 3.8) is 0 Å². The maximum atomic E-state index is 9.59. The van der Waals surface area contributed by atoms with Crippen molar-refractivity contribution in [3.8, 4) is 5.75 Å². The zero-order valence-corrected chi connectivity index (χ0v) is 11.6. The number of hydrogen-bond donors (Lipinski definition) is 1. The zero-order chi connectivity index (χ0) is 13.4. The molecule has 1 aliphatic rings. The van der Waals surface area contributed by atoms with Gasteiger partial charge in [0.1, 0.15) is 11.6 Å². The molecule has 0 amide bonds. The summed E-state index contributed by atoms with van der Waals surface area (Å²) in [5.74, 6) is 2.03. The van der Waals surface area contributed by atoms with E-state index < -0.39 is 0 Å². The second-order valence-corrected chi connectivity index (χ2v) is 5.80. The monoisotopic (exact) mass is 259 g/mol. The number of nitrogens with zero attached hydrogens (tertiary/aromatic N) is 3. The molecule has 1 aliphatic heterocycles. The third-order valence-electron chi connectivity index (χ3n) is 4.11. The average molecular weight is 259 g/mol. The van der Waals surface area contributed by atoms with Crippen molar-refractivity contribution < 1.29 is 5.11 Å². The Bertz CT molecular complexity index is 576. The third-order valence-corrected chi connectivity index (χ3v) is 4.11. The van der Waals surface area contributed by atoms with Crippen LogP contribution in [0, 0.1) is 5.92 Å². The van der Waals surface area contributed by atoms with Crippen molar-refractivity contribution in [2.75, 3.05) is 13.1 Å². The van der Waals surface area contributed by atoms with E-state index in [-0.39, 0.29) is 0 Å². The Hall–Kier alpha value is -1.55. The molecule has 4 nitrogen and oxygen atoms in total. The SMILES string of the molecule is CC(C)N1CCC(Cc2ncc3ccc(O)cn23)C1. The summed E-state index contributed by atoms with van der Waals surface area (Å²) < 4.78 is 2.01. The molecule has 0 saturated carbocycles. The van der Waals surface area contributed by atoms with Gasteiger partial charge >= 0.3 is 0 Å². The molecule has 3 rings (SSSR count). The number of aromatic hydroxyl groups is 1. The van der Waals surface area contributed by atoms with Crippen molar-refractivity contribution in [1.82, 2.24) is 14.3 Å². The maximum Gasteiger partial charge on any atom is 0.132 e. The number of aromatic nitrogens is 2. The van der Waals surface area contributed by atoms with E-state index in [9.17, 15) is 5.11 Å². The molecule has 1 unspecified atom stereocenters. The molecule has 1 atom stereocenters. The Morgan fingerprint density at radius 1 is 1.42 bits per heavy atom. The molecule has 0 radical (unpaired) electrons. The molecule has 4 heteroatoms. The van der Waals surface area contributed by atoms with Crippen LogP contribution < -0.4 is 0 Å². The number of imidazole rings is 1. The van der Waals surface area contributed by atoms with Crippen molar-refractivity contribution >= 4 is 5.52 Å². The molecule has 0 aliphatic carbocycles. The van der Waals surface area contributed by atoms with E-state index >= 15 is 0 Å². The summed E-state index contributed by atoms with van der Waals surface area (Å²) in [5.41, 5.74) is 1.05. The van der Waals surface area contributed by atoms with Crippen LogP contribution in [0.3, 0.4) is 0 Å². The molecule has 1 N–H and O–H groups in total. The molecule has 2 aromatic rings. The molecule has 1 fully saturated rings. The molecule has 19 heavy (non-hydrogen) atoms. The Morgan fingerprint density at radius 2 is 2.26 bits per heavy atom. The molecule has 102 valence electrons. The predicted octanol–water partition coefficient (Wildman–Crippen LogP) is 2.31. The van der Waals surface area contributed by atoms with Crippen LogP contribution in [0.2, 0.25) is 0 Å². The highest BCUT2D eigenvalue weighted by atomic mass is 16.3. The summed E-state index contributed by atoms with van der Waals surface area (Å²) >= 11 is 0. The van der Waals surface area contributed by atoms with E-state index in [1.54, 1.807) is 12.3 Å². The van der Waals surface area contributed by atoms with E-state index in [0.717, 1.165) is 24.3 Å². The van der Waals surface area contributed by atoms with E-state index in [1.165, 1.54) is 13.0 Å². The fourth-order valence-corrected chi connectivity index (χ4v) is 2.94. The predicted molar refractivity (Wildman–Crippen MR) is 75.4 cm³/mol. The van der Waals surface area contributed by atoms with Gasteiger partial charge in [0.25, 0.3) is 0 Å². The lowest BCUT2D eigenvalue weighted by Gasteiger charge is -2.20. The molecule has 0 aromatic carbocycles. The molecule has 3 heterocycles. The van der Waals surface area contributed by atoms with Crippen LogP contribution in [0.5, 0.6) is 5.75 Å². The van der Waals surface area contributed by atoms with Crippen molar-refractivity contribution in [1.29, 1.82) is 0 Å². The van der Waals surface area contributed by atoms with E-state index in [0.29, 0.717) is 17.7 Å². The minimum Gasteiger partial charge on any atom is -0.506 e. The second-order valence-electron chi connectivity index (χ2n) is 5.80. The summed E-state index contributed by atoms with van der Waals surface area (Å²) in [7, 11) is 0. The molecule has 0 bridgehead atoms. The minimum atomic E-state index is 0.293. The van der Waals surface area contributed by atoms with E-state index in [4.69, 9.17) is 0 Å². The lowest BCUT2D eigenvalue weighted by molar-refractivity contribution is 0.264. The summed E-state index contributed by atoms with van der Waals surface area (Å²) in [5, 5.41) is 9.59. The maximum absolute atomic E-state index is 9.59. The van der Waals surface area contributed by atoms with Gasteiger partial charge in [0.2, 0.25) is 0 Å². The third kappa shape index (κ3) is 2.45. The van der Waals surface area contributed by atoms with Gasteiger partial charge in [-0.15, -0.1) is 0 Å². The van der Waals surface area contributed by atoms with Crippen molar-refractivity contribution in [2.24, 2.45) is 5.92 Å². The van der Waals surface area contributed by atoms with Crippen molar-refractivity contribution in [3.05, 3.63) is 30.4 Å². The topological polar surface area (TPSA) is 40.8 Å². The van der Waals surface area contributed by atoms with Gasteiger partial charge in [-0.25, -0.2) is 4.98 Å². The number of rotatable bonds is 3. The number of likely N-dealkylation sites (tertiary alicyclic amines) is 1. The first-order valence-corrected chi connectivity index (χ1v) is 7.02. The fourth-order valence-electron chi connectivity index (χ4n) is 2.94. The fraction of sp³-hybridized carbons (Fsp3) is 0.533. The van der Waals surface area contributed by atoms with Gasteiger partial charge in [-0.3, -0.25) is 0 Å². The highest BCUT2D eigenvalue weighted by molar-refractivity contribution is 5.48. The average Bonchev–Trinajstić information content (AvgIpc) is 2.98. The first kappa shape index (κ1) is 12.5. The largest absolute Gasteiger partial charge is 0.506 e. The van der Waals surface area contributed by atoms with Crippen LogP contribution in [0.15, 0.2) is 24.5 Å². The Morgan fingerprint density at radius 3 is 3.00 bits per heavy atom. The normalized spacial score (nSPS) is 20.7. The van der Waals surface area contributed by atoms with Gasteiger partial charge in [0.15, 0.2) is 0 Å². The van der Waals surface area contributed by atoms with Gasteiger partial charge in [-0.05, 0) is 44.9 Å². The summed E-state index contributed by atoms with van der Waals surface area (Å²) in [6.07, 6.45) is 5.86. The summed E-state index contributed by atoms with van der Waals surface area (Å²) in [6, 6.07) is 4.24. The first-order valence-electron chi connectivity index (χ1n) is 7.02. The smallest absolute Gasteiger partial charge is 0.132 e. The standard InChI is InChI=1S/C15H21N3O/c1-11(2)17-6-5-12(9-17)7-15-16-8-13-3-4-14(19)10-18(13)15/h3-4,8,10-12,19H,5-7,9H2,1-2H3. The minimum absolute atomic E-state index is 0.293. The number of pyridine rings is 1. The van der Waals surface area contributed by atoms with Gasteiger partial charge in [0.05, 0.1) is 17.9 Å². The van der Waals surface area contributed by atoms with Crippen LogP contribution in [-0.2, 0) is 6.42 Å².